The highest BCUT2D eigenvalue weighted by Gasteiger charge is 2.08. The Kier molecular flexibility index (Phi) is 1.97. The number of nitrogens with one attached hydrogen (secondary N) is 1. The number of benzene rings is 1. The van der Waals surface area contributed by atoms with Gasteiger partial charge in [-0.2, -0.15) is 0 Å². The van der Waals surface area contributed by atoms with Crippen LogP contribution in [0, 0.1) is 6.92 Å². The van der Waals surface area contributed by atoms with Crippen molar-refractivity contribution in [1.29, 1.82) is 0 Å². The molecule has 3 aromatic heterocycles. The van der Waals surface area contributed by atoms with E-state index in [0.717, 1.165) is 16.6 Å². The number of fused-ring (bicyclic) bond motifs is 2. The fourth-order valence-corrected chi connectivity index (χ4v) is 2.34. The molecule has 0 saturated carbocycles. The summed E-state index contributed by atoms with van der Waals surface area (Å²) in [5, 5.41) is 8.96. The normalized spacial score (nSPS) is 11.4. The van der Waals surface area contributed by atoms with Gasteiger partial charge in [0, 0.05) is 40.6 Å². The first-order chi connectivity index (χ1) is 9.31. The van der Waals surface area contributed by atoms with E-state index in [1.807, 2.05) is 23.0 Å². The molecule has 5 nitrogen and oxygen atoms in total. The van der Waals surface area contributed by atoms with Crippen molar-refractivity contribution in [1.82, 2.24) is 24.6 Å². The van der Waals surface area contributed by atoms with Gasteiger partial charge in [0.2, 0.25) is 0 Å². The van der Waals surface area contributed by atoms with E-state index in [9.17, 15) is 0 Å². The summed E-state index contributed by atoms with van der Waals surface area (Å²) in [5.74, 6) is 0.611. The highest BCUT2D eigenvalue weighted by molar-refractivity contribution is 5.95. The molecule has 0 bridgehead atoms. The van der Waals surface area contributed by atoms with Crippen LogP contribution >= 0.6 is 0 Å². The first-order valence-electron chi connectivity index (χ1n) is 6.05. The van der Waals surface area contributed by atoms with Gasteiger partial charge in [-0.05, 0) is 19.1 Å². The zero-order valence-electron chi connectivity index (χ0n) is 10.3. The topological polar surface area (TPSA) is 58.9 Å². The van der Waals surface area contributed by atoms with Crippen LogP contribution in [0.25, 0.3) is 27.8 Å². The molecule has 4 aromatic rings. The van der Waals surface area contributed by atoms with Crippen LogP contribution in [-0.2, 0) is 0 Å². The number of hydrogen-bond donors (Lipinski definition) is 1. The van der Waals surface area contributed by atoms with Crippen molar-refractivity contribution in [3.05, 3.63) is 48.7 Å². The molecule has 0 spiro atoms. The number of nitrogens with zero attached hydrogens (tertiary/aromatic N) is 4. The van der Waals surface area contributed by atoms with E-state index in [0.29, 0.717) is 5.78 Å². The van der Waals surface area contributed by atoms with Gasteiger partial charge in [0.05, 0.1) is 0 Å². The Bertz CT molecular complexity index is 887. The maximum Gasteiger partial charge on any atom is 0.254 e. The SMILES string of the molecule is Cc1ccc2[nH]cc(-c3cnc4nncn4c3)c2c1. The van der Waals surface area contributed by atoms with Gasteiger partial charge in [0.1, 0.15) is 6.33 Å². The van der Waals surface area contributed by atoms with Crippen molar-refractivity contribution in [3.63, 3.8) is 0 Å². The molecule has 5 heteroatoms. The fourth-order valence-electron chi connectivity index (χ4n) is 2.34. The second-order valence-electron chi connectivity index (χ2n) is 4.63. The summed E-state index contributed by atoms with van der Waals surface area (Å²) in [6, 6.07) is 6.38. The third-order valence-corrected chi connectivity index (χ3v) is 3.30. The second-order valence-corrected chi connectivity index (χ2v) is 4.63. The molecule has 3 heterocycles. The van der Waals surface area contributed by atoms with Crippen molar-refractivity contribution < 1.29 is 0 Å². The molecular weight excluding hydrogens is 238 g/mol. The lowest BCUT2D eigenvalue weighted by Crippen LogP contribution is -1.88. The summed E-state index contributed by atoms with van der Waals surface area (Å²) in [4.78, 5) is 7.59. The van der Waals surface area contributed by atoms with E-state index in [2.05, 4.69) is 45.3 Å². The highest BCUT2D eigenvalue weighted by atomic mass is 15.3. The highest BCUT2D eigenvalue weighted by Crippen LogP contribution is 2.28. The van der Waals surface area contributed by atoms with Gasteiger partial charge in [-0.15, -0.1) is 10.2 Å². The average molecular weight is 249 g/mol. The number of aryl methyl sites for hydroxylation is 1. The molecule has 19 heavy (non-hydrogen) atoms. The minimum atomic E-state index is 0.611. The number of rotatable bonds is 1. The lowest BCUT2D eigenvalue weighted by atomic mass is 10.1. The lowest BCUT2D eigenvalue weighted by Gasteiger charge is -2.01. The quantitative estimate of drug-likeness (QED) is 0.564. The van der Waals surface area contributed by atoms with Crippen molar-refractivity contribution in [2.24, 2.45) is 0 Å². The average Bonchev–Trinajstić information content (AvgIpc) is 3.03. The summed E-state index contributed by atoms with van der Waals surface area (Å²) in [6.07, 6.45) is 7.49. The van der Waals surface area contributed by atoms with Crippen LogP contribution in [0.4, 0.5) is 0 Å². The van der Waals surface area contributed by atoms with Crippen molar-refractivity contribution in [2.75, 3.05) is 0 Å². The van der Waals surface area contributed by atoms with Crippen LogP contribution in [-0.4, -0.2) is 24.6 Å². The second kappa shape index (κ2) is 3.65. The lowest BCUT2D eigenvalue weighted by molar-refractivity contribution is 1.10. The zero-order chi connectivity index (χ0) is 12.8. The summed E-state index contributed by atoms with van der Waals surface area (Å²) < 4.78 is 1.82. The van der Waals surface area contributed by atoms with Gasteiger partial charge in [-0.1, -0.05) is 11.6 Å². The molecule has 0 saturated heterocycles. The van der Waals surface area contributed by atoms with Crippen LogP contribution in [0.1, 0.15) is 5.56 Å². The Hall–Kier alpha value is -2.69. The number of hydrogen-bond acceptors (Lipinski definition) is 3. The predicted octanol–water partition coefficient (Wildman–Crippen LogP) is 2.58. The van der Waals surface area contributed by atoms with Crippen LogP contribution in [0.3, 0.4) is 0 Å². The third-order valence-electron chi connectivity index (χ3n) is 3.30. The standard InChI is InChI=1S/C14H11N5/c1-9-2-3-13-11(4-9)12(6-15-13)10-5-16-14-18-17-8-19(14)7-10/h2-8,15H,1H3. The Morgan fingerprint density at radius 3 is 3.16 bits per heavy atom. The van der Waals surface area contributed by atoms with E-state index >= 15 is 0 Å². The summed E-state index contributed by atoms with van der Waals surface area (Å²) >= 11 is 0. The Morgan fingerprint density at radius 1 is 1.26 bits per heavy atom. The van der Waals surface area contributed by atoms with Gasteiger partial charge in [0.15, 0.2) is 0 Å². The van der Waals surface area contributed by atoms with E-state index < -0.39 is 0 Å². The number of H-pyrrole nitrogens is 1. The Balaban J connectivity index is 2.00. The minimum absolute atomic E-state index is 0.611. The van der Waals surface area contributed by atoms with Gasteiger partial charge < -0.3 is 4.98 Å². The molecule has 0 atom stereocenters. The molecule has 0 unspecified atom stereocenters. The predicted molar refractivity (Wildman–Crippen MR) is 72.8 cm³/mol. The van der Waals surface area contributed by atoms with Crippen molar-refractivity contribution >= 4 is 16.7 Å². The van der Waals surface area contributed by atoms with Crippen molar-refractivity contribution in [2.45, 2.75) is 6.92 Å². The van der Waals surface area contributed by atoms with Crippen LogP contribution < -0.4 is 0 Å². The zero-order valence-corrected chi connectivity index (χ0v) is 10.3. The van der Waals surface area contributed by atoms with Crippen LogP contribution in [0.15, 0.2) is 43.1 Å². The number of aromatic nitrogens is 5. The molecule has 0 aliphatic rings. The summed E-state index contributed by atoms with van der Waals surface area (Å²) in [6.45, 7) is 2.09. The monoisotopic (exact) mass is 249 g/mol. The molecule has 1 aromatic carbocycles. The van der Waals surface area contributed by atoms with E-state index in [-0.39, 0.29) is 0 Å². The summed E-state index contributed by atoms with van der Waals surface area (Å²) in [5.41, 5.74) is 4.56. The first-order valence-corrected chi connectivity index (χ1v) is 6.05. The Labute approximate surface area is 108 Å². The van der Waals surface area contributed by atoms with Crippen molar-refractivity contribution in [3.8, 4) is 11.1 Å². The molecule has 0 aliphatic heterocycles. The smallest absolute Gasteiger partial charge is 0.254 e. The molecule has 0 aliphatic carbocycles. The molecule has 0 fully saturated rings. The fraction of sp³-hybridized carbons (Fsp3) is 0.0714. The Morgan fingerprint density at radius 2 is 2.21 bits per heavy atom. The van der Waals surface area contributed by atoms with Crippen LogP contribution in [0.2, 0.25) is 0 Å². The molecule has 0 radical (unpaired) electrons. The van der Waals surface area contributed by atoms with Crippen LogP contribution in [0.5, 0.6) is 0 Å². The van der Waals surface area contributed by atoms with Gasteiger partial charge in [-0.3, -0.25) is 4.40 Å². The molecule has 0 amide bonds. The van der Waals surface area contributed by atoms with E-state index in [1.165, 1.54) is 10.9 Å². The first kappa shape index (κ1) is 10.3. The van der Waals surface area contributed by atoms with Gasteiger partial charge in [-0.25, -0.2) is 4.98 Å². The molecule has 1 N–H and O–H groups in total. The molecular formula is C14H11N5. The number of aromatic amines is 1. The summed E-state index contributed by atoms with van der Waals surface area (Å²) in [7, 11) is 0. The third kappa shape index (κ3) is 1.52. The molecule has 4 rings (SSSR count). The van der Waals surface area contributed by atoms with E-state index in [1.54, 1.807) is 6.33 Å². The minimum Gasteiger partial charge on any atom is -0.361 e. The maximum absolute atomic E-state index is 4.30. The van der Waals surface area contributed by atoms with E-state index in [4.69, 9.17) is 0 Å². The molecule has 92 valence electrons. The largest absolute Gasteiger partial charge is 0.361 e. The van der Waals surface area contributed by atoms with Gasteiger partial charge >= 0.3 is 0 Å². The van der Waals surface area contributed by atoms with Gasteiger partial charge in [0.25, 0.3) is 5.78 Å². The maximum atomic E-state index is 4.30.